The standard InChI is InChI=1S/C34H32ClN5O5S2/c1-4-6-17-45-24-15-14-21(18-25(24)44-5-2)29-27(30(41)28-20(3)36-26-13-9-10-16-39(26)28)31(42)32(43)40(29)33-37-38-34(47-33)46-19-22-11-7-8-12-23(22)35/h7-16,18,29,41H,4-6,17,19H2,1-3H3/b30-27+. The van der Waals surface area contributed by atoms with Crippen molar-refractivity contribution in [3.8, 4) is 11.5 Å². The lowest BCUT2D eigenvalue weighted by Gasteiger charge is -2.23. The third-order valence-corrected chi connectivity index (χ3v) is 10.1. The van der Waals surface area contributed by atoms with Crippen LogP contribution in [0.2, 0.25) is 5.02 Å². The molecule has 0 spiro atoms. The number of carbonyl (C=O) groups is 2. The van der Waals surface area contributed by atoms with Crippen molar-refractivity contribution in [3.05, 3.63) is 100.0 Å². The van der Waals surface area contributed by atoms with Gasteiger partial charge in [-0.2, -0.15) is 0 Å². The number of fused-ring (bicyclic) bond motifs is 1. The van der Waals surface area contributed by atoms with Gasteiger partial charge in [-0.25, -0.2) is 4.98 Å². The lowest BCUT2D eigenvalue weighted by molar-refractivity contribution is -0.132. The number of aryl methyl sites for hydroxylation is 1. The maximum atomic E-state index is 13.9. The summed E-state index contributed by atoms with van der Waals surface area (Å²) in [6.07, 6.45) is 3.60. The molecule has 47 heavy (non-hydrogen) atoms. The Morgan fingerprint density at radius 3 is 2.64 bits per heavy atom. The van der Waals surface area contributed by atoms with E-state index in [-0.39, 0.29) is 16.5 Å². The van der Waals surface area contributed by atoms with Crippen LogP contribution in [-0.2, 0) is 15.3 Å². The van der Waals surface area contributed by atoms with E-state index < -0.39 is 17.7 Å². The molecule has 5 aromatic rings. The van der Waals surface area contributed by atoms with E-state index in [0.717, 1.165) is 18.4 Å². The minimum absolute atomic E-state index is 0.0914. The second kappa shape index (κ2) is 14.2. The number of benzene rings is 2. The monoisotopic (exact) mass is 689 g/mol. The zero-order chi connectivity index (χ0) is 33.1. The second-order valence-electron chi connectivity index (χ2n) is 10.7. The van der Waals surface area contributed by atoms with Crippen molar-refractivity contribution in [2.75, 3.05) is 18.1 Å². The van der Waals surface area contributed by atoms with E-state index in [1.165, 1.54) is 28.0 Å². The summed E-state index contributed by atoms with van der Waals surface area (Å²) in [6.45, 7) is 6.58. The number of Topliss-reactive ketones (excluding diaryl/α,β-unsaturated/α-hetero) is 1. The van der Waals surface area contributed by atoms with Gasteiger partial charge in [-0.05, 0) is 61.7 Å². The fraction of sp³-hybridized carbons (Fsp3) is 0.265. The van der Waals surface area contributed by atoms with Gasteiger partial charge >= 0.3 is 5.91 Å². The van der Waals surface area contributed by atoms with E-state index in [1.54, 1.807) is 47.9 Å². The summed E-state index contributed by atoms with van der Waals surface area (Å²) >= 11 is 8.95. The Hall–Kier alpha value is -4.39. The molecule has 242 valence electrons. The minimum Gasteiger partial charge on any atom is -0.505 e. The van der Waals surface area contributed by atoms with Crippen molar-refractivity contribution in [2.45, 2.75) is 49.7 Å². The summed E-state index contributed by atoms with van der Waals surface area (Å²) in [4.78, 5) is 33.6. The van der Waals surface area contributed by atoms with E-state index in [0.29, 0.717) is 62.4 Å². The number of halogens is 1. The van der Waals surface area contributed by atoms with E-state index >= 15 is 0 Å². The van der Waals surface area contributed by atoms with Crippen LogP contribution in [0.1, 0.15) is 55.2 Å². The predicted molar refractivity (Wildman–Crippen MR) is 184 cm³/mol. The molecule has 0 aliphatic carbocycles. The maximum Gasteiger partial charge on any atom is 0.301 e. The fourth-order valence-corrected chi connectivity index (χ4v) is 7.55. The number of amides is 1. The van der Waals surface area contributed by atoms with Crippen LogP contribution < -0.4 is 14.4 Å². The summed E-state index contributed by atoms with van der Waals surface area (Å²) in [5, 5.41) is 21.4. The molecule has 0 saturated carbocycles. The molecule has 0 bridgehead atoms. The molecule has 6 rings (SSSR count). The Balaban J connectivity index is 1.46. The number of hydrogen-bond acceptors (Lipinski definition) is 10. The van der Waals surface area contributed by atoms with Crippen LogP contribution in [0.4, 0.5) is 5.13 Å². The van der Waals surface area contributed by atoms with Gasteiger partial charge in [0, 0.05) is 17.0 Å². The van der Waals surface area contributed by atoms with Crippen molar-refractivity contribution >= 4 is 62.9 Å². The summed E-state index contributed by atoms with van der Waals surface area (Å²) in [5.41, 5.74) is 2.79. The highest BCUT2D eigenvalue weighted by molar-refractivity contribution is 8.00. The molecule has 2 aromatic carbocycles. The average Bonchev–Trinajstić information content (AvgIpc) is 3.74. The van der Waals surface area contributed by atoms with Gasteiger partial charge in [0.15, 0.2) is 21.6 Å². The molecule has 4 heterocycles. The van der Waals surface area contributed by atoms with Crippen LogP contribution in [0, 0.1) is 6.92 Å². The minimum atomic E-state index is -1.04. The Morgan fingerprint density at radius 2 is 1.85 bits per heavy atom. The van der Waals surface area contributed by atoms with Crippen molar-refractivity contribution in [1.82, 2.24) is 19.6 Å². The predicted octanol–water partition coefficient (Wildman–Crippen LogP) is 7.64. The number of nitrogens with zero attached hydrogens (tertiary/aromatic N) is 5. The quantitative estimate of drug-likeness (QED) is 0.0352. The van der Waals surface area contributed by atoms with Gasteiger partial charge in [0.2, 0.25) is 5.13 Å². The third kappa shape index (κ3) is 6.45. The van der Waals surface area contributed by atoms with Crippen molar-refractivity contribution < 1.29 is 24.2 Å². The van der Waals surface area contributed by atoms with Crippen LogP contribution >= 0.6 is 34.7 Å². The number of carbonyl (C=O) groups excluding carboxylic acids is 2. The molecule has 1 saturated heterocycles. The van der Waals surface area contributed by atoms with Gasteiger partial charge in [0.05, 0.1) is 30.5 Å². The second-order valence-corrected chi connectivity index (χ2v) is 13.3. The Bertz CT molecular complexity index is 1990. The third-order valence-electron chi connectivity index (χ3n) is 7.62. The van der Waals surface area contributed by atoms with Gasteiger partial charge in [-0.15, -0.1) is 10.2 Å². The molecule has 10 nitrogen and oxygen atoms in total. The Labute approximate surface area is 285 Å². The van der Waals surface area contributed by atoms with Crippen LogP contribution in [-0.4, -0.2) is 49.6 Å². The van der Waals surface area contributed by atoms with Gasteiger partial charge in [-0.3, -0.25) is 18.9 Å². The number of imidazole rings is 1. The highest BCUT2D eigenvalue weighted by Gasteiger charge is 2.49. The number of aliphatic hydroxyl groups excluding tert-OH is 1. The molecular formula is C34H32ClN5O5S2. The van der Waals surface area contributed by atoms with Gasteiger partial charge < -0.3 is 14.6 Å². The number of rotatable bonds is 12. The van der Waals surface area contributed by atoms with Crippen molar-refractivity contribution in [3.63, 3.8) is 0 Å². The zero-order valence-corrected chi connectivity index (χ0v) is 28.4. The number of pyridine rings is 1. The molecule has 1 fully saturated rings. The average molecular weight is 690 g/mol. The SMILES string of the molecule is CCCCOc1ccc(C2/C(=C(\O)c3c(C)nc4ccccn34)C(=O)C(=O)N2c2nnc(SCc3ccccc3Cl)s2)cc1OCC. The normalized spacial score (nSPS) is 15.9. The lowest BCUT2D eigenvalue weighted by atomic mass is 9.96. The number of ketones is 1. The molecule has 3 aromatic heterocycles. The molecule has 1 aliphatic rings. The highest BCUT2D eigenvalue weighted by atomic mass is 35.5. The summed E-state index contributed by atoms with van der Waals surface area (Å²) in [6, 6.07) is 17.2. The summed E-state index contributed by atoms with van der Waals surface area (Å²) in [5.74, 6) is -0.464. The van der Waals surface area contributed by atoms with E-state index in [1.807, 2.05) is 37.3 Å². The summed E-state index contributed by atoms with van der Waals surface area (Å²) < 4.78 is 14.2. The highest BCUT2D eigenvalue weighted by Crippen LogP contribution is 2.46. The number of aromatic nitrogens is 4. The van der Waals surface area contributed by atoms with E-state index in [9.17, 15) is 14.7 Å². The van der Waals surface area contributed by atoms with Crippen LogP contribution in [0.25, 0.3) is 11.4 Å². The number of thioether (sulfide) groups is 1. The molecule has 1 atom stereocenters. The lowest BCUT2D eigenvalue weighted by Crippen LogP contribution is -2.29. The number of anilines is 1. The van der Waals surface area contributed by atoms with Crippen molar-refractivity contribution in [2.24, 2.45) is 0 Å². The van der Waals surface area contributed by atoms with Gasteiger partial charge in [0.25, 0.3) is 5.78 Å². The maximum absolute atomic E-state index is 13.9. The first-order chi connectivity index (χ1) is 22.8. The van der Waals surface area contributed by atoms with Crippen LogP contribution in [0.15, 0.2) is 76.8 Å². The summed E-state index contributed by atoms with van der Waals surface area (Å²) in [7, 11) is 0. The van der Waals surface area contributed by atoms with Crippen LogP contribution in [0.3, 0.4) is 0 Å². The van der Waals surface area contributed by atoms with E-state index in [4.69, 9.17) is 21.1 Å². The zero-order valence-electron chi connectivity index (χ0n) is 26.0. The first-order valence-corrected chi connectivity index (χ1v) is 17.3. The Morgan fingerprint density at radius 1 is 1.04 bits per heavy atom. The number of ether oxygens (including phenoxy) is 2. The number of unbranched alkanes of at least 4 members (excludes halogenated alkanes) is 1. The van der Waals surface area contributed by atoms with Crippen LogP contribution in [0.5, 0.6) is 11.5 Å². The molecule has 1 amide bonds. The first kappa shape index (κ1) is 32.5. The molecule has 1 N–H and O–H groups in total. The van der Waals surface area contributed by atoms with Gasteiger partial charge in [0.1, 0.15) is 11.3 Å². The topological polar surface area (TPSA) is 119 Å². The molecule has 0 radical (unpaired) electrons. The largest absolute Gasteiger partial charge is 0.505 e. The number of hydrogen-bond donors (Lipinski definition) is 1. The first-order valence-electron chi connectivity index (χ1n) is 15.2. The molecule has 1 unspecified atom stereocenters. The number of aliphatic hydroxyl groups is 1. The molecule has 13 heteroatoms. The fourth-order valence-electron chi connectivity index (χ4n) is 5.39. The molecular weight excluding hydrogens is 658 g/mol. The smallest absolute Gasteiger partial charge is 0.301 e. The van der Waals surface area contributed by atoms with E-state index in [2.05, 4.69) is 22.1 Å². The van der Waals surface area contributed by atoms with Crippen molar-refractivity contribution in [1.29, 1.82) is 0 Å². The molecule has 1 aliphatic heterocycles. The van der Waals surface area contributed by atoms with Gasteiger partial charge in [-0.1, -0.05) is 78.4 Å². The Kier molecular flexibility index (Phi) is 9.81.